The van der Waals surface area contributed by atoms with Crippen molar-refractivity contribution in [1.29, 1.82) is 5.26 Å². The number of methoxy groups -OCH3 is 2. The smallest absolute Gasteiger partial charge is 0.227 e. The molecule has 0 radical (unpaired) electrons. The Labute approximate surface area is 145 Å². The average Bonchev–Trinajstić information content (AvgIpc) is 2.67. The Kier molecular flexibility index (Phi) is 4.77. The van der Waals surface area contributed by atoms with Crippen molar-refractivity contribution >= 4 is 11.6 Å². The van der Waals surface area contributed by atoms with Crippen LogP contribution in [0.2, 0.25) is 0 Å². The summed E-state index contributed by atoms with van der Waals surface area (Å²) in [6.07, 6.45) is 1.67. The molecule has 0 aliphatic carbocycles. The first kappa shape index (κ1) is 16.3. The SMILES string of the molecule is COc1cc(Nc2nccc(-c3cccc(C#N)c3)n2)cc(OC)c1. The van der Waals surface area contributed by atoms with Crippen molar-refractivity contribution in [1.82, 2.24) is 9.97 Å². The zero-order valence-corrected chi connectivity index (χ0v) is 13.9. The predicted octanol–water partition coefficient (Wildman–Crippen LogP) is 3.78. The van der Waals surface area contributed by atoms with E-state index in [9.17, 15) is 0 Å². The van der Waals surface area contributed by atoms with Crippen LogP contribution in [0, 0.1) is 11.3 Å². The number of nitriles is 1. The first-order chi connectivity index (χ1) is 12.2. The van der Waals surface area contributed by atoms with E-state index in [2.05, 4.69) is 21.4 Å². The number of nitrogens with one attached hydrogen (secondary N) is 1. The summed E-state index contributed by atoms with van der Waals surface area (Å²) in [5.41, 5.74) is 2.92. The highest BCUT2D eigenvalue weighted by molar-refractivity contribution is 5.64. The quantitative estimate of drug-likeness (QED) is 0.766. The molecule has 2 aromatic carbocycles. The lowest BCUT2D eigenvalue weighted by molar-refractivity contribution is 0.395. The van der Waals surface area contributed by atoms with Crippen molar-refractivity contribution < 1.29 is 9.47 Å². The van der Waals surface area contributed by atoms with Gasteiger partial charge in [-0.3, -0.25) is 0 Å². The van der Waals surface area contributed by atoms with Gasteiger partial charge in [0.2, 0.25) is 5.95 Å². The number of rotatable bonds is 5. The standard InChI is InChI=1S/C19H16N4O2/c1-24-16-9-15(10-17(11-16)25-2)22-19-21-7-6-18(23-19)14-5-3-4-13(8-14)12-20/h3-11H,1-2H3,(H,21,22,23). The molecule has 6 nitrogen and oxygen atoms in total. The van der Waals surface area contributed by atoms with Crippen LogP contribution in [0.15, 0.2) is 54.7 Å². The van der Waals surface area contributed by atoms with Gasteiger partial charge in [-0.05, 0) is 18.2 Å². The van der Waals surface area contributed by atoms with Gasteiger partial charge in [0, 0.05) is 35.6 Å². The van der Waals surface area contributed by atoms with E-state index in [-0.39, 0.29) is 0 Å². The third-order valence-corrected chi connectivity index (χ3v) is 3.55. The number of aromatic nitrogens is 2. The van der Waals surface area contributed by atoms with E-state index >= 15 is 0 Å². The fraction of sp³-hybridized carbons (Fsp3) is 0.105. The lowest BCUT2D eigenvalue weighted by atomic mass is 10.1. The lowest BCUT2D eigenvalue weighted by Gasteiger charge is -2.10. The van der Waals surface area contributed by atoms with Gasteiger partial charge in [0.05, 0.1) is 31.5 Å². The Morgan fingerprint density at radius 1 is 1.00 bits per heavy atom. The molecule has 3 aromatic rings. The molecule has 0 spiro atoms. The monoisotopic (exact) mass is 332 g/mol. The molecule has 0 atom stereocenters. The van der Waals surface area contributed by atoms with Crippen molar-refractivity contribution in [2.75, 3.05) is 19.5 Å². The van der Waals surface area contributed by atoms with Crippen molar-refractivity contribution in [3.05, 3.63) is 60.3 Å². The van der Waals surface area contributed by atoms with Gasteiger partial charge in [0.1, 0.15) is 11.5 Å². The fourth-order valence-electron chi connectivity index (χ4n) is 2.34. The van der Waals surface area contributed by atoms with E-state index in [4.69, 9.17) is 14.7 Å². The van der Waals surface area contributed by atoms with Gasteiger partial charge in [0.15, 0.2) is 0 Å². The topological polar surface area (TPSA) is 80.1 Å². The average molecular weight is 332 g/mol. The van der Waals surface area contributed by atoms with Gasteiger partial charge in [0.25, 0.3) is 0 Å². The lowest BCUT2D eigenvalue weighted by Crippen LogP contribution is -1.99. The molecule has 0 fully saturated rings. The van der Waals surface area contributed by atoms with Gasteiger partial charge in [-0.2, -0.15) is 5.26 Å². The van der Waals surface area contributed by atoms with Crippen LogP contribution in [-0.2, 0) is 0 Å². The zero-order valence-electron chi connectivity index (χ0n) is 13.9. The number of nitrogens with zero attached hydrogens (tertiary/aromatic N) is 3. The molecule has 0 unspecified atom stereocenters. The van der Waals surface area contributed by atoms with Crippen LogP contribution in [0.4, 0.5) is 11.6 Å². The maximum atomic E-state index is 9.04. The first-order valence-electron chi connectivity index (χ1n) is 7.55. The summed E-state index contributed by atoms with van der Waals surface area (Å²) in [6.45, 7) is 0. The maximum absolute atomic E-state index is 9.04. The van der Waals surface area contributed by atoms with Crippen LogP contribution in [0.5, 0.6) is 11.5 Å². The molecule has 0 saturated heterocycles. The van der Waals surface area contributed by atoms with Crippen molar-refractivity contribution in [3.8, 4) is 28.8 Å². The molecule has 0 amide bonds. The Morgan fingerprint density at radius 3 is 2.44 bits per heavy atom. The molecule has 0 aliphatic rings. The summed E-state index contributed by atoms with van der Waals surface area (Å²) in [4.78, 5) is 8.76. The minimum absolute atomic E-state index is 0.440. The number of hydrogen-bond acceptors (Lipinski definition) is 6. The van der Waals surface area contributed by atoms with Gasteiger partial charge in [-0.1, -0.05) is 12.1 Å². The molecule has 25 heavy (non-hydrogen) atoms. The number of benzene rings is 2. The molecular formula is C19H16N4O2. The van der Waals surface area contributed by atoms with E-state index in [0.717, 1.165) is 16.9 Å². The molecular weight excluding hydrogens is 316 g/mol. The zero-order chi connectivity index (χ0) is 17.6. The Balaban J connectivity index is 1.91. The Hall–Kier alpha value is -3.59. The fourth-order valence-corrected chi connectivity index (χ4v) is 2.34. The molecule has 6 heteroatoms. The molecule has 1 N–H and O–H groups in total. The van der Waals surface area contributed by atoms with Crippen molar-refractivity contribution in [2.45, 2.75) is 0 Å². The summed E-state index contributed by atoms with van der Waals surface area (Å²) in [5, 5.41) is 12.2. The number of ether oxygens (including phenoxy) is 2. The minimum Gasteiger partial charge on any atom is -0.497 e. The van der Waals surface area contributed by atoms with E-state index in [0.29, 0.717) is 23.0 Å². The van der Waals surface area contributed by atoms with Crippen LogP contribution in [0.1, 0.15) is 5.56 Å². The van der Waals surface area contributed by atoms with Crippen LogP contribution in [0.3, 0.4) is 0 Å². The van der Waals surface area contributed by atoms with Crippen molar-refractivity contribution in [2.24, 2.45) is 0 Å². The largest absolute Gasteiger partial charge is 0.497 e. The predicted molar refractivity (Wildman–Crippen MR) is 95.0 cm³/mol. The Morgan fingerprint density at radius 2 is 1.76 bits per heavy atom. The van der Waals surface area contributed by atoms with E-state index in [1.807, 2.05) is 24.3 Å². The van der Waals surface area contributed by atoms with E-state index < -0.39 is 0 Å². The number of hydrogen-bond donors (Lipinski definition) is 1. The van der Waals surface area contributed by atoms with Gasteiger partial charge in [-0.25, -0.2) is 9.97 Å². The Bertz CT molecular complexity index is 912. The van der Waals surface area contributed by atoms with Gasteiger partial charge >= 0.3 is 0 Å². The molecule has 3 rings (SSSR count). The summed E-state index contributed by atoms with van der Waals surface area (Å²) in [6, 6.07) is 16.7. The summed E-state index contributed by atoms with van der Waals surface area (Å²) >= 11 is 0. The van der Waals surface area contributed by atoms with Crippen LogP contribution >= 0.6 is 0 Å². The summed E-state index contributed by atoms with van der Waals surface area (Å²) < 4.78 is 10.5. The normalized spacial score (nSPS) is 9.96. The third-order valence-electron chi connectivity index (χ3n) is 3.55. The highest BCUT2D eigenvalue weighted by atomic mass is 16.5. The molecule has 1 aromatic heterocycles. The first-order valence-corrected chi connectivity index (χ1v) is 7.55. The minimum atomic E-state index is 0.440. The second-order valence-electron chi connectivity index (χ2n) is 5.18. The molecule has 1 heterocycles. The maximum Gasteiger partial charge on any atom is 0.227 e. The van der Waals surface area contributed by atoms with Gasteiger partial charge < -0.3 is 14.8 Å². The van der Waals surface area contributed by atoms with Crippen LogP contribution < -0.4 is 14.8 Å². The number of anilines is 2. The van der Waals surface area contributed by atoms with Crippen LogP contribution in [0.25, 0.3) is 11.3 Å². The molecule has 0 aliphatic heterocycles. The second-order valence-corrected chi connectivity index (χ2v) is 5.18. The molecule has 0 bridgehead atoms. The summed E-state index contributed by atoms with van der Waals surface area (Å²) in [5.74, 6) is 1.77. The summed E-state index contributed by atoms with van der Waals surface area (Å²) in [7, 11) is 3.19. The second kappa shape index (κ2) is 7.32. The third kappa shape index (κ3) is 3.85. The molecule has 124 valence electrons. The van der Waals surface area contributed by atoms with Crippen molar-refractivity contribution in [3.63, 3.8) is 0 Å². The molecule has 0 saturated carbocycles. The highest BCUT2D eigenvalue weighted by Crippen LogP contribution is 2.27. The van der Waals surface area contributed by atoms with E-state index in [1.165, 1.54) is 0 Å². The van der Waals surface area contributed by atoms with E-state index in [1.54, 1.807) is 44.7 Å². The van der Waals surface area contributed by atoms with Crippen LogP contribution in [-0.4, -0.2) is 24.2 Å². The van der Waals surface area contributed by atoms with Gasteiger partial charge in [-0.15, -0.1) is 0 Å². The highest BCUT2D eigenvalue weighted by Gasteiger charge is 2.06.